The van der Waals surface area contributed by atoms with E-state index in [0.29, 0.717) is 0 Å². The van der Waals surface area contributed by atoms with Gasteiger partial charge in [0.25, 0.3) is 10.0 Å². The van der Waals surface area contributed by atoms with Crippen LogP contribution in [0.25, 0.3) is 0 Å². The van der Waals surface area contributed by atoms with Crippen molar-refractivity contribution in [3.05, 3.63) is 24.3 Å². The molecular formula is C17H29N3O3S. The quantitative estimate of drug-likeness (QED) is 0.471. The van der Waals surface area contributed by atoms with Gasteiger partial charge in [0.2, 0.25) is 5.91 Å². The molecular weight excluding hydrogens is 326 g/mol. The first kappa shape index (κ1) is 20.4. The Bertz CT molecular complexity index is 598. The molecule has 0 aromatic heterocycles. The molecule has 1 amide bonds. The summed E-state index contributed by atoms with van der Waals surface area (Å²) in [5.74, 6) is -0.444. The van der Waals surface area contributed by atoms with Crippen molar-refractivity contribution in [2.45, 2.75) is 56.8 Å². The van der Waals surface area contributed by atoms with Crippen LogP contribution in [0, 0.1) is 0 Å². The Morgan fingerprint density at radius 1 is 1.00 bits per heavy atom. The molecule has 0 spiro atoms. The van der Waals surface area contributed by atoms with Gasteiger partial charge in [0, 0.05) is 26.2 Å². The number of nitrogens with one attached hydrogen (secondary N) is 2. The molecule has 0 bridgehead atoms. The number of unbranched alkanes of at least 4 members (excludes halogenated alkanes) is 5. The summed E-state index contributed by atoms with van der Waals surface area (Å²) in [5, 5.41) is 1.76. The smallest absolute Gasteiger partial charge is 0.264 e. The first-order valence-corrected chi connectivity index (χ1v) is 9.93. The maximum atomic E-state index is 12.2. The third-order valence-electron chi connectivity index (χ3n) is 3.52. The second kappa shape index (κ2) is 10.3. The summed E-state index contributed by atoms with van der Waals surface area (Å²) < 4.78 is 26.5. The molecule has 1 aromatic carbocycles. The lowest BCUT2D eigenvalue weighted by Gasteiger charge is -2.13. The van der Waals surface area contributed by atoms with Gasteiger partial charge in [-0.1, -0.05) is 39.0 Å². The summed E-state index contributed by atoms with van der Waals surface area (Å²) >= 11 is 0. The summed E-state index contributed by atoms with van der Waals surface area (Å²) in [6, 6.07) is 6.28. The van der Waals surface area contributed by atoms with Gasteiger partial charge in [0.15, 0.2) is 0 Å². The molecule has 2 N–H and O–H groups in total. The lowest BCUT2D eigenvalue weighted by Crippen LogP contribution is -2.30. The highest BCUT2D eigenvalue weighted by Gasteiger charge is 2.17. The Labute approximate surface area is 145 Å². The van der Waals surface area contributed by atoms with Crippen molar-refractivity contribution in [2.75, 3.05) is 19.5 Å². The zero-order valence-electron chi connectivity index (χ0n) is 14.8. The number of sulfonamides is 1. The monoisotopic (exact) mass is 355 g/mol. The second-order valence-corrected chi connectivity index (χ2v) is 7.76. The minimum absolute atomic E-state index is 0.0862. The van der Waals surface area contributed by atoms with Crippen LogP contribution in [0.2, 0.25) is 0 Å². The van der Waals surface area contributed by atoms with Gasteiger partial charge < -0.3 is 5.43 Å². The number of carbonyl (C=O) groups excluding carboxylic acids is 1. The fourth-order valence-corrected chi connectivity index (χ4v) is 3.31. The molecule has 0 unspecified atom stereocenters. The largest absolute Gasteiger partial charge is 0.319 e. The highest BCUT2D eigenvalue weighted by molar-refractivity contribution is 7.90. The van der Waals surface area contributed by atoms with Gasteiger partial charge in [0.05, 0.1) is 4.90 Å². The Morgan fingerprint density at radius 3 is 2.17 bits per heavy atom. The number of hydrogen-bond acceptors (Lipinski definition) is 5. The van der Waals surface area contributed by atoms with E-state index in [9.17, 15) is 13.2 Å². The van der Waals surface area contributed by atoms with E-state index in [-0.39, 0.29) is 11.3 Å². The van der Waals surface area contributed by atoms with Crippen molar-refractivity contribution in [3.8, 4) is 0 Å². The number of anilines is 1. The molecule has 0 fully saturated rings. The van der Waals surface area contributed by atoms with E-state index < -0.39 is 15.9 Å². The van der Waals surface area contributed by atoms with Gasteiger partial charge in [-0.2, -0.15) is 0 Å². The SMILES string of the molecule is CCCCCCCCC(=O)NS(=O)(=O)c1ccc(NN(C)C)cc1. The predicted molar refractivity (Wildman–Crippen MR) is 97.1 cm³/mol. The van der Waals surface area contributed by atoms with Crippen LogP contribution < -0.4 is 10.1 Å². The van der Waals surface area contributed by atoms with E-state index in [2.05, 4.69) is 17.1 Å². The predicted octanol–water partition coefficient (Wildman–Crippen LogP) is 3.13. The number of nitrogens with zero attached hydrogens (tertiary/aromatic N) is 1. The van der Waals surface area contributed by atoms with Crippen molar-refractivity contribution in [3.63, 3.8) is 0 Å². The van der Waals surface area contributed by atoms with Crippen LogP contribution >= 0.6 is 0 Å². The molecule has 1 rings (SSSR count). The van der Waals surface area contributed by atoms with Crippen LogP contribution in [0.3, 0.4) is 0 Å². The number of amides is 1. The average molecular weight is 356 g/mol. The molecule has 0 aliphatic heterocycles. The number of rotatable bonds is 11. The lowest BCUT2D eigenvalue weighted by atomic mass is 10.1. The minimum atomic E-state index is -3.80. The van der Waals surface area contributed by atoms with E-state index in [4.69, 9.17) is 0 Å². The van der Waals surface area contributed by atoms with Gasteiger partial charge in [0.1, 0.15) is 0 Å². The third-order valence-corrected chi connectivity index (χ3v) is 4.91. The van der Waals surface area contributed by atoms with Gasteiger partial charge >= 0.3 is 0 Å². The van der Waals surface area contributed by atoms with Crippen molar-refractivity contribution >= 4 is 21.6 Å². The van der Waals surface area contributed by atoms with Gasteiger partial charge in [-0.15, -0.1) is 0 Å². The van der Waals surface area contributed by atoms with Gasteiger partial charge in [-0.3, -0.25) is 4.79 Å². The summed E-state index contributed by atoms with van der Waals surface area (Å²) in [7, 11) is -0.116. The van der Waals surface area contributed by atoms with Gasteiger partial charge in [-0.05, 0) is 30.7 Å². The average Bonchev–Trinajstić information content (AvgIpc) is 2.50. The molecule has 0 aliphatic carbocycles. The number of hydrogen-bond donors (Lipinski definition) is 2. The molecule has 0 saturated heterocycles. The number of hydrazine groups is 1. The first-order chi connectivity index (χ1) is 11.3. The normalized spacial score (nSPS) is 11.5. The van der Waals surface area contributed by atoms with Gasteiger partial charge in [-0.25, -0.2) is 18.1 Å². The van der Waals surface area contributed by atoms with E-state index in [1.54, 1.807) is 17.1 Å². The Morgan fingerprint density at radius 2 is 1.58 bits per heavy atom. The molecule has 0 aliphatic rings. The summed E-state index contributed by atoms with van der Waals surface area (Å²) in [4.78, 5) is 11.9. The Balaban J connectivity index is 2.46. The lowest BCUT2D eigenvalue weighted by molar-refractivity contribution is -0.119. The fraction of sp³-hybridized carbons (Fsp3) is 0.588. The maximum absolute atomic E-state index is 12.2. The van der Waals surface area contributed by atoms with E-state index >= 15 is 0 Å². The van der Waals surface area contributed by atoms with E-state index in [0.717, 1.165) is 24.9 Å². The minimum Gasteiger partial charge on any atom is -0.319 e. The molecule has 1 aromatic rings. The summed E-state index contributed by atoms with van der Waals surface area (Å²) in [5.41, 5.74) is 3.80. The first-order valence-electron chi connectivity index (χ1n) is 8.45. The second-order valence-electron chi connectivity index (χ2n) is 6.08. The van der Waals surface area contributed by atoms with Crippen molar-refractivity contribution in [1.82, 2.24) is 9.73 Å². The van der Waals surface area contributed by atoms with E-state index in [1.807, 2.05) is 14.1 Å². The molecule has 0 radical (unpaired) electrons. The van der Waals surface area contributed by atoms with Crippen molar-refractivity contribution in [2.24, 2.45) is 0 Å². The Hall–Kier alpha value is -1.60. The molecule has 7 heteroatoms. The summed E-state index contributed by atoms with van der Waals surface area (Å²) in [6.45, 7) is 2.15. The number of benzene rings is 1. The van der Waals surface area contributed by atoms with Crippen LogP contribution in [-0.2, 0) is 14.8 Å². The van der Waals surface area contributed by atoms with Crippen LogP contribution in [0.4, 0.5) is 5.69 Å². The van der Waals surface area contributed by atoms with Crippen molar-refractivity contribution in [1.29, 1.82) is 0 Å². The zero-order chi connectivity index (χ0) is 18.0. The fourth-order valence-electron chi connectivity index (χ4n) is 2.29. The van der Waals surface area contributed by atoms with E-state index in [1.165, 1.54) is 31.4 Å². The molecule has 0 saturated carbocycles. The van der Waals surface area contributed by atoms with Crippen LogP contribution in [0.5, 0.6) is 0 Å². The maximum Gasteiger partial charge on any atom is 0.264 e. The molecule has 136 valence electrons. The number of carbonyl (C=O) groups is 1. The van der Waals surface area contributed by atoms with Crippen molar-refractivity contribution < 1.29 is 13.2 Å². The molecule has 0 heterocycles. The molecule has 6 nitrogen and oxygen atoms in total. The summed E-state index contributed by atoms with van der Waals surface area (Å²) in [6.07, 6.45) is 6.57. The Kier molecular flexibility index (Phi) is 8.78. The topological polar surface area (TPSA) is 78.5 Å². The highest BCUT2D eigenvalue weighted by atomic mass is 32.2. The third kappa shape index (κ3) is 7.79. The highest BCUT2D eigenvalue weighted by Crippen LogP contribution is 2.14. The zero-order valence-corrected chi connectivity index (χ0v) is 15.7. The molecule has 0 atom stereocenters. The van der Waals surface area contributed by atoms with Crippen LogP contribution in [0.1, 0.15) is 51.9 Å². The van der Waals surface area contributed by atoms with Crippen LogP contribution in [0.15, 0.2) is 29.2 Å². The standard InChI is InChI=1S/C17H29N3O3S/c1-4-5-6-7-8-9-10-17(21)19-24(22,23)16-13-11-15(12-14-16)18-20(2)3/h11-14,18H,4-10H2,1-3H3,(H,19,21). The van der Waals surface area contributed by atoms with Crippen LogP contribution in [-0.4, -0.2) is 33.4 Å². The molecule has 24 heavy (non-hydrogen) atoms.